The molecule has 0 unspecified atom stereocenters. The zero-order valence-electron chi connectivity index (χ0n) is 14.7. The molecule has 1 aromatic heterocycles. The molecule has 138 valence electrons. The number of nitrogens with zero attached hydrogens (tertiary/aromatic N) is 2. The summed E-state index contributed by atoms with van der Waals surface area (Å²) in [6.07, 6.45) is 0.619. The van der Waals surface area contributed by atoms with Gasteiger partial charge >= 0.3 is 0 Å². The fourth-order valence-corrected chi connectivity index (χ4v) is 2.97. The molecular weight excluding hydrogens is 349 g/mol. The van der Waals surface area contributed by atoms with Gasteiger partial charge in [-0.05, 0) is 48.4 Å². The molecule has 4 rings (SSSR count). The first kappa shape index (κ1) is 17.1. The van der Waals surface area contributed by atoms with E-state index in [2.05, 4.69) is 10.4 Å². The zero-order valence-corrected chi connectivity index (χ0v) is 14.7. The maximum atomic E-state index is 12.9. The summed E-state index contributed by atoms with van der Waals surface area (Å²) in [6.45, 7) is 0.659. The van der Waals surface area contributed by atoms with Crippen LogP contribution in [0.2, 0.25) is 0 Å². The van der Waals surface area contributed by atoms with E-state index in [-0.39, 0.29) is 18.5 Å². The van der Waals surface area contributed by atoms with Gasteiger partial charge in [0.1, 0.15) is 5.82 Å². The van der Waals surface area contributed by atoms with E-state index in [1.807, 2.05) is 18.2 Å². The molecule has 0 saturated heterocycles. The van der Waals surface area contributed by atoms with Crippen molar-refractivity contribution in [3.63, 3.8) is 0 Å². The molecule has 1 aliphatic rings. The van der Waals surface area contributed by atoms with E-state index in [1.165, 1.54) is 12.1 Å². The van der Waals surface area contributed by atoms with E-state index < -0.39 is 0 Å². The summed E-state index contributed by atoms with van der Waals surface area (Å²) in [4.78, 5) is 12.4. The molecule has 2 heterocycles. The quantitative estimate of drug-likeness (QED) is 0.753. The Morgan fingerprint density at radius 3 is 2.74 bits per heavy atom. The Morgan fingerprint density at radius 2 is 1.93 bits per heavy atom. The van der Waals surface area contributed by atoms with Crippen molar-refractivity contribution >= 4 is 5.91 Å². The molecular formula is C20H18FN3O3. The number of fused-ring (bicyclic) bond motifs is 1. The van der Waals surface area contributed by atoms with Crippen molar-refractivity contribution in [2.75, 3.05) is 13.3 Å². The normalized spacial score (nSPS) is 12.2. The first-order chi connectivity index (χ1) is 13.1. The lowest BCUT2D eigenvalue weighted by Gasteiger charge is -2.03. The van der Waals surface area contributed by atoms with Gasteiger partial charge < -0.3 is 14.8 Å². The van der Waals surface area contributed by atoms with Crippen LogP contribution in [-0.2, 0) is 13.5 Å². The molecule has 0 atom stereocenters. The van der Waals surface area contributed by atoms with Crippen LogP contribution in [0.4, 0.5) is 4.39 Å². The molecule has 0 aliphatic carbocycles. The Balaban J connectivity index is 1.43. The number of ether oxygens (including phenoxy) is 2. The van der Waals surface area contributed by atoms with Crippen molar-refractivity contribution in [1.29, 1.82) is 0 Å². The summed E-state index contributed by atoms with van der Waals surface area (Å²) in [5.41, 5.74) is 2.99. The van der Waals surface area contributed by atoms with Gasteiger partial charge in [-0.3, -0.25) is 9.48 Å². The minimum Gasteiger partial charge on any atom is -0.454 e. The van der Waals surface area contributed by atoms with Gasteiger partial charge in [-0.2, -0.15) is 5.10 Å². The van der Waals surface area contributed by atoms with E-state index in [1.54, 1.807) is 29.9 Å². The number of carbonyl (C=O) groups is 1. The third kappa shape index (κ3) is 3.62. The molecule has 27 heavy (non-hydrogen) atoms. The molecule has 1 N–H and O–H groups in total. The lowest BCUT2D eigenvalue weighted by molar-refractivity contribution is 0.0948. The summed E-state index contributed by atoms with van der Waals surface area (Å²) in [7, 11) is 1.79. The Kier molecular flexibility index (Phi) is 4.50. The maximum absolute atomic E-state index is 12.9. The average molecular weight is 367 g/mol. The van der Waals surface area contributed by atoms with Gasteiger partial charge in [0, 0.05) is 19.2 Å². The average Bonchev–Trinajstić information content (AvgIpc) is 3.29. The highest BCUT2D eigenvalue weighted by atomic mass is 19.1. The smallest absolute Gasteiger partial charge is 0.271 e. The highest BCUT2D eigenvalue weighted by Crippen LogP contribution is 2.35. The fraction of sp³-hybridized carbons (Fsp3) is 0.200. The Hall–Kier alpha value is -3.35. The molecule has 0 radical (unpaired) electrons. The summed E-state index contributed by atoms with van der Waals surface area (Å²) in [6, 6.07) is 13.6. The summed E-state index contributed by atoms with van der Waals surface area (Å²) in [5, 5.41) is 7.14. The molecule has 0 bridgehead atoms. The SMILES string of the molecule is Cn1nc(C(=O)NCCc2ccc(F)cc2)cc1-c1ccc2c(c1)OCO2. The predicted octanol–water partition coefficient (Wildman–Crippen LogP) is 2.93. The first-order valence-corrected chi connectivity index (χ1v) is 8.57. The van der Waals surface area contributed by atoms with Crippen molar-refractivity contribution in [1.82, 2.24) is 15.1 Å². The van der Waals surface area contributed by atoms with Gasteiger partial charge in [-0.1, -0.05) is 12.1 Å². The third-order valence-electron chi connectivity index (χ3n) is 4.39. The van der Waals surface area contributed by atoms with Gasteiger partial charge in [0.25, 0.3) is 5.91 Å². The minimum atomic E-state index is -0.271. The van der Waals surface area contributed by atoms with Crippen molar-refractivity contribution in [2.45, 2.75) is 6.42 Å². The second kappa shape index (κ2) is 7.11. The molecule has 2 aromatic carbocycles. The van der Waals surface area contributed by atoms with Crippen LogP contribution in [0.3, 0.4) is 0 Å². The number of aromatic nitrogens is 2. The summed E-state index contributed by atoms with van der Waals surface area (Å²) >= 11 is 0. The van der Waals surface area contributed by atoms with Crippen molar-refractivity contribution in [2.24, 2.45) is 7.05 Å². The summed E-state index contributed by atoms with van der Waals surface area (Å²) in [5.74, 6) is 0.866. The second-order valence-corrected chi connectivity index (χ2v) is 6.24. The molecule has 6 nitrogen and oxygen atoms in total. The van der Waals surface area contributed by atoms with Crippen LogP contribution >= 0.6 is 0 Å². The number of amides is 1. The van der Waals surface area contributed by atoms with Crippen molar-refractivity contribution < 1.29 is 18.7 Å². The Bertz CT molecular complexity index is 983. The van der Waals surface area contributed by atoms with Gasteiger partial charge in [0.05, 0.1) is 5.69 Å². The number of hydrogen-bond donors (Lipinski definition) is 1. The van der Waals surface area contributed by atoms with Crippen molar-refractivity contribution in [3.8, 4) is 22.8 Å². The Morgan fingerprint density at radius 1 is 1.15 bits per heavy atom. The first-order valence-electron chi connectivity index (χ1n) is 8.57. The van der Waals surface area contributed by atoms with Gasteiger partial charge in [0.15, 0.2) is 17.2 Å². The van der Waals surface area contributed by atoms with E-state index in [0.717, 1.165) is 16.8 Å². The number of nitrogens with one attached hydrogen (secondary N) is 1. The fourth-order valence-electron chi connectivity index (χ4n) is 2.97. The largest absolute Gasteiger partial charge is 0.454 e. The second-order valence-electron chi connectivity index (χ2n) is 6.24. The standard InChI is InChI=1S/C20H18FN3O3/c1-24-17(14-4-7-18-19(10-14)27-12-26-18)11-16(23-24)20(25)22-9-8-13-2-5-15(21)6-3-13/h2-7,10-11H,8-9,12H2,1H3,(H,22,25). The molecule has 1 amide bonds. The van der Waals surface area contributed by atoms with Crippen LogP contribution in [0.5, 0.6) is 11.5 Å². The highest BCUT2D eigenvalue weighted by Gasteiger charge is 2.17. The number of halogens is 1. The molecule has 7 heteroatoms. The number of hydrogen-bond acceptors (Lipinski definition) is 4. The summed E-state index contributed by atoms with van der Waals surface area (Å²) < 4.78 is 25.3. The van der Waals surface area contributed by atoms with Crippen LogP contribution < -0.4 is 14.8 Å². The zero-order chi connectivity index (χ0) is 18.8. The predicted molar refractivity (Wildman–Crippen MR) is 97.2 cm³/mol. The van der Waals surface area contributed by atoms with E-state index >= 15 is 0 Å². The minimum absolute atomic E-state index is 0.214. The van der Waals surface area contributed by atoms with Crippen molar-refractivity contribution in [3.05, 3.63) is 65.6 Å². The van der Waals surface area contributed by atoms with E-state index in [9.17, 15) is 9.18 Å². The van der Waals surface area contributed by atoms with Crippen LogP contribution in [0, 0.1) is 5.82 Å². The maximum Gasteiger partial charge on any atom is 0.271 e. The van der Waals surface area contributed by atoms with E-state index in [0.29, 0.717) is 30.2 Å². The topological polar surface area (TPSA) is 65.4 Å². The lowest BCUT2D eigenvalue weighted by Crippen LogP contribution is -2.26. The molecule has 0 spiro atoms. The number of benzene rings is 2. The molecule has 1 aliphatic heterocycles. The van der Waals surface area contributed by atoms with Gasteiger partial charge in [-0.25, -0.2) is 4.39 Å². The Labute approximate surface area is 155 Å². The molecule has 0 saturated carbocycles. The van der Waals surface area contributed by atoms with Gasteiger partial charge in [-0.15, -0.1) is 0 Å². The highest BCUT2D eigenvalue weighted by molar-refractivity contribution is 5.93. The van der Waals surface area contributed by atoms with Crippen LogP contribution in [0.15, 0.2) is 48.5 Å². The van der Waals surface area contributed by atoms with Gasteiger partial charge in [0.2, 0.25) is 6.79 Å². The van der Waals surface area contributed by atoms with Crippen LogP contribution in [0.25, 0.3) is 11.3 Å². The number of rotatable bonds is 5. The van der Waals surface area contributed by atoms with Crippen LogP contribution in [-0.4, -0.2) is 29.0 Å². The lowest BCUT2D eigenvalue weighted by atomic mass is 10.1. The molecule has 3 aromatic rings. The molecule has 0 fully saturated rings. The number of carbonyl (C=O) groups excluding carboxylic acids is 1. The van der Waals surface area contributed by atoms with E-state index in [4.69, 9.17) is 9.47 Å². The third-order valence-corrected chi connectivity index (χ3v) is 4.39. The van der Waals surface area contributed by atoms with Crippen LogP contribution in [0.1, 0.15) is 16.1 Å². The number of aryl methyl sites for hydroxylation is 1. The monoisotopic (exact) mass is 367 g/mol.